The second-order valence-corrected chi connectivity index (χ2v) is 5.30. The summed E-state index contributed by atoms with van der Waals surface area (Å²) < 4.78 is 5.37. The van der Waals surface area contributed by atoms with E-state index < -0.39 is 0 Å². The maximum Gasteiger partial charge on any atom is 0.340 e. The first-order chi connectivity index (χ1) is 9.33. The molecule has 2 nitrogen and oxygen atoms in total. The normalized spacial score (nSPS) is 18.1. The average molecular weight is 268 g/mol. The lowest BCUT2D eigenvalue weighted by Crippen LogP contribution is -2.18. The molecule has 2 aromatic carbocycles. The number of fused-ring (bicyclic) bond motifs is 1. The Bertz CT molecular complexity index is 620. The number of hydrogen-bond donors (Lipinski definition) is 0. The van der Waals surface area contributed by atoms with Crippen LogP contribution < -0.4 is 0 Å². The molecule has 0 aliphatic carbocycles. The second kappa shape index (κ2) is 5.33. The quantitative estimate of drug-likeness (QED) is 0.770. The van der Waals surface area contributed by atoms with Crippen LogP contribution in [0.3, 0.4) is 0 Å². The molecule has 0 bridgehead atoms. The van der Waals surface area contributed by atoms with Gasteiger partial charge in [-0.05, 0) is 23.8 Å². The summed E-state index contributed by atoms with van der Waals surface area (Å²) >= 11 is 1.55. The Morgan fingerprint density at radius 1 is 1.00 bits per heavy atom. The fourth-order valence-electron chi connectivity index (χ4n) is 1.89. The average Bonchev–Trinajstić information content (AvgIpc) is 2.46. The molecule has 1 atom stereocenters. The number of ether oxygens (including phenoxy) is 1. The van der Waals surface area contributed by atoms with Gasteiger partial charge in [-0.15, -0.1) is 0 Å². The van der Waals surface area contributed by atoms with Gasteiger partial charge in [0.1, 0.15) is 0 Å². The topological polar surface area (TPSA) is 26.3 Å². The Labute approximate surface area is 116 Å². The van der Waals surface area contributed by atoms with Gasteiger partial charge < -0.3 is 4.74 Å². The summed E-state index contributed by atoms with van der Waals surface area (Å²) in [5.41, 5.74) is 1.48. The number of carbonyl (C=O) groups is 1. The lowest BCUT2D eigenvalue weighted by molar-refractivity contribution is 0.0497. The minimum Gasteiger partial charge on any atom is -0.443 e. The van der Waals surface area contributed by atoms with Crippen molar-refractivity contribution in [3.63, 3.8) is 0 Å². The van der Waals surface area contributed by atoms with E-state index >= 15 is 0 Å². The van der Waals surface area contributed by atoms with E-state index in [1.165, 1.54) is 0 Å². The van der Waals surface area contributed by atoms with Crippen molar-refractivity contribution in [1.82, 2.24) is 0 Å². The summed E-state index contributed by atoms with van der Waals surface area (Å²) in [5.74, 6) is -0.253. The minimum absolute atomic E-state index is 0.253. The molecule has 0 saturated heterocycles. The number of carbonyl (C=O) groups excluding carboxylic acids is 1. The number of benzene rings is 2. The van der Waals surface area contributed by atoms with Crippen molar-refractivity contribution in [2.75, 3.05) is 0 Å². The molecule has 3 rings (SSSR count). The molecule has 1 aliphatic rings. The van der Waals surface area contributed by atoms with Gasteiger partial charge in [-0.3, -0.25) is 0 Å². The summed E-state index contributed by atoms with van der Waals surface area (Å²) in [6.07, 6.45) is 3.88. The van der Waals surface area contributed by atoms with Gasteiger partial charge in [-0.2, -0.15) is 0 Å². The Hall–Kier alpha value is -2.00. The van der Waals surface area contributed by atoms with Crippen LogP contribution in [0, 0.1) is 0 Å². The molecule has 0 aromatic heterocycles. The lowest BCUT2D eigenvalue weighted by atomic mass is 10.2. The van der Waals surface area contributed by atoms with Crippen molar-refractivity contribution in [3.05, 3.63) is 71.8 Å². The smallest absolute Gasteiger partial charge is 0.340 e. The summed E-state index contributed by atoms with van der Waals surface area (Å²) in [6.45, 7) is 0. The first kappa shape index (κ1) is 12.1. The highest BCUT2D eigenvalue weighted by atomic mass is 32.2. The molecule has 0 amide bonds. The van der Waals surface area contributed by atoms with Crippen LogP contribution in [0.2, 0.25) is 0 Å². The predicted molar refractivity (Wildman–Crippen MR) is 77.0 cm³/mol. The molecule has 3 heteroatoms. The molecular weight excluding hydrogens is 256 g/mol. The molecule has 19 heavy (non-hydrogen) atoms. The van der Waals surface area contributed by atoms with Gasteiger partial charge in [0.2, 0.25) is 0 Å². The van der Waals surface area contributed by atoms with E-state index in [4.69, 9.17) is 4.74 Å². The zero-order valence-corrected chi connectivity index (χ0v) is 11.0. The number of rotatable bonds is 2. The van der Waals surface area contributed by atoms with Crippen LogP contribution in [0.1, 0.15) is 15.9 Å². The van der Waals surface area contributed by atoms with Crippen molar-refractivity contribution < 1.29 is 9.53 Å². The Balaban J connectivity index is 1.79. The third kappa shape index (κ3) is 2.71. The molecule has 0 saturated carbocycles. The second-order valence-electron chi connectivity index (χ2n) is 4.16. The van der Waals surface area contributed by atoms with E-state index in [0.29, 0.717) is 5.56 Å². The van der Waals surface area contributed by atoms with Gasteiger partial charge in [0, 0.05) is 4.90 Å². The standard InChI is InChI=1S/C16H12O2S/c17-16-13-8-4-5-9-14(13)19-15(18-16)11-10-12-6-2-1-3-7-12/h1-11,15H/b11-10-/t15-/m1/s1. The van der Waals surface area contributed by atoms with E-state index in [-0.39, 0.29) is 11.4 Å². The molecule has 1 aliphatic heterocycles. The molecule has 0 radical (unpaired) electrons. The van der Waals surface area contributed by atoms with E-state index in [2.05, 4.69) is 0 Å². The first-order valence-corrected chi connectivity index (χ1v) is 6.91. The first-order valence-electron chi connectivity index (χ1n) is 6.03. The predicted octanol–water partition coefficient (Wildman–Crippen LogP) is 3.99. The van der Waals surface area contributed by atoms with Crippen LogP contribution in [-0.2, 0) is 4.74 Å². The Kier molecular flexibility index (Phi) is 3.38. The molecule has 2 aromatic rings. The third-order valence-electron chi connectivity index (χ3n) is 2.82. The molecule has 1 heterocycles. The molecule has 0 unspecified atom stereocenters. The van der Waals surface area contributed by atoms with E-state index in [1.807, 2.05) is 60.7 Å². The lowest BCUT2D eigenvalue weighted by Gasteiger charge is -2.21. The SMILES string of the molecule is O=C1O[C@@H](/C=C\c2ccccc2)Sc2ccccc21. The number of hydrogen-bond acceptors (Lipinski definition) is 3. The summed E-state index contributed by atoms with van der Waals surface area (Å²) in [4.78, 5) is 12.8. The largest absolute Gasteiger partial charge is 0.443 e. The van der Waals surface area contributed by atoms with Gasteiger partial charge in [0.15, 0.2) is 5.44 Å². The summed E-state index contributed by atoms with van der Waals surface area (Å²) in [5, 5.41) is 0. The maximum atomic E-state index is 11.8. The highest BCUT2D eigenvalue weighted by Gasteiger charge is 2.24. The summed E-state index contributed by atoms with van der Waals surface area (Å²) in [6, 6.07) is 17.5. The highest BCUT2D eigenvalue weighted by Crippen LogP contribution is 2.34. The van der Waals surface area contributed by atoms with Gasteiger partial charge in [-0.1, -0.05) is 60.3 Å². The molecule has 0 spiro atoms. The van der Waals surface area contributed by atoms with Crippen molar-refractivity contribution in [2.45, 2.75) is 10.3 Å². The van der Waals surface area contributed by atoms with Crippen molar-refractivity contribution >= 4 is 23.8 Å². The van der Waals surface area contributed by atoms with Crippen molar-refractivity contribution in [2.24, 2.45) is 0 Å². The minimum atomic E-state index is -0.261. The number of esters is 1. The van der Waals surface area contributed by atoms with Crippen LogP contribution in [0.4, 0.5) is 0 Å². The Morgan fingerprint density at radius 3 is 2.58 bits per heavy atom. The Morgan fingerprint density at radius 2 is 1.74 bits per heavy atom. The van der Waals surface area contributed by atoms with Gasteiger partial charge in [0.25, 0.3) is 0 Å². The van der Waals surface area contributed by atoms with E-state index in [1.54, 1.807) is 17.8 Å². The summed E-state index contributed by atoms with van der Waals surface area (Å²) in [7, 11) is 0. The zero-order chi connectivity index (χ0) is 13.1. The number of thioether (sulfide) groups is 1. The van der Waals surface area contributed by atoms with Crippen LogP contribution in [0.5, 0.6) is 0 Å². The number of cyclic esters (lactones) is 1. The van der Waals surface area contributed by atoms with Crippen LogP contribution >= 0.6 is 11.8 Å². The highest BCUT2D eigenvalue weighted by molar-refractivity contribution is 8.00. The van der Waals surface area contributed by atoms with Crippen LogP contribution in [0.25, 0.3) is 6.08 Å². The van der Waals surface area contributed by atoms with Gasteiger partial charge in [-0.25, -0.2) is 4.79 Å². The fourth-order valence-corrected chi connectivity index (χ4v) is 2.87. The molecule has 0 N–H and O–H groups in total. The van der Waals surface area contributed by atoms with Crippen LogP contribution in [0.15, 0.2) is 65.6 Å². The van der Waals surface area contributed by atoms with Gasteiger partial charge in [0.05, 0.1) is 5.56 Å². The van der Waals surface area contributed by atoms with Crippen molar-refractivity contribution in [3.8, 4) is 0 Å². The van der Waals surface area contributed by atoms with Gasteiger partial charge >= 0.3 is 5.97 Å². The fraction of sp³-hybridized carbons (Fsp3) is 0.0625. The van der Waals surface area contributed by atoms with Crippen LogP contribution in [-0.4, -0.2) is 11.4 Å². The third-order valence-corrected chi connectivity index (χ3v) is 3.91. The molecule has 94 valence electrons. The maximum absolute atomic E-state index is 11.8. The van der Waals surface area contributed by atoms with Crippen molar-refractivity contribution in [1.29, 1.82) is 0 Å². The molecule has 0 fully saturated rings. The van der Waals surface area contributed by atoms with E-state index in [0.717, 1.165) is 10.5 Å². The van der Waals surface area contributed by atoms with E-state index in [9.17, 15) is 4.79 Å². The molecular formula is C16H12O2S. The monoisotopic (exact) mass is 268 g/mol. The zero-order valence-electron chi connectivity index (χ0n) is 10.2.